The number of nitrogens with one attached hydrogen (secondary N) is 1. The summed E-state index contributed by atoms with van der Waals surface area (Å²) in [6.07, 6.45) is 0. The fraction of sp³-hybridized carbons (Fsp3) is 0.250. The summed E-state index contributed by atoms with van der Waals surface area (Å²) in [7, 11) is 1.66. The lowest BCUT2D eigenvalue weighted by Gasteiger charge is -2.10. The van der Waals surface area contributed by atoms with Crippen molar-refractivity contribution >= 4 is 22.5 Å². The SMILES string of the molecule is CCNC(=O)c1ccc(-c2c(N)c3ccc(OC)cc3n2CC)cc1. The van der Waals surface area contributed by atoms with Gasteiger partial charge in [-0.25, -0.2) is 0 Å². The third-order valence-electron chi connectivity index (χ3n) is 4.38. The molecule has 0 radical (unpaired) electrons. The highest BCUT2D eigenvalue weighted by atomic mass is 16.5. The minimum Gasteiger partial charge on any atom is -0.497 e. The summed E-state index contributed by atoms with van der Waals surface area (Å²) in [5, 5.41) is 3.81. The number of hydrogen-bond donors (Lipinski definition) is 2. The molecule has 0 aliphatic heterocycles. The van der Waals surface area contributed by atoms with Crippen molar-refractivity contribution in [2.75, 3.05) is 19.4 Å². The molecule has 3 N–H and O–H groups in total. The zero-order valence-corrected chi connectivity index (χ0v) is 14.8. The molecule has 0 fully saturated rings. The van der Waals surface area contributed by atoms with Gasteiger partial charge >= 0.3 is 0 Å². The van der Waals surface area contributed by atoms with E-state index in [9.17, 15) is 4.79 Å². The van der Waals surface area contributed by atoms with Crippen LogP contribution < -0.4 is 15.8 Å². The normalized spacial score (nSPS) is 10.8. The Labute approximate surface area is 147 Å². The van der Waals surface area contributed by atoms with Gasteiger partial charge in [-0.05, 0) is 38.1 Å². The number of aryl methyl sites for hydroxylation is 1. The van der Waals surface area contributed by atoms with Crippen molar-refractivity contribution in [3.05, 3.63) is 48.0 Å². The van der Waals surface area contributed by atoms with E-state index in [-0.39, 0.29) is 5.91 Å². The molecule has 5 heteroatoms. The molecular weight excluding hydrogens is 314 g/mol. The quantitative estimate of drug-likeness (QED) is 0.746. The van der Waals surface area contributed by atoms with Gasteiger partial charge in [0.15, 0.2) is 0 Å². The summed E-state index contributed by atoms with van der Waals surface area (Å²) in [6, 6.07) is 13.5. The number of ether oxygens (including phenoxy) is 1. The number of aromatic nitrogens is 1. The maximum absolute atomic E-state index is 11.9. The number of fused-ring (bicyclic) bond motifs is 1. The minimum absolute atomic E-state index is 0.0669. The number of benzene rings is 2. The summed E-state index contributed by atoms with van der Waals surface area (Å²) < 4.78 is 7.52. The Balaban J connectivity index is 2.12. The highest BCUT2D eigenvalue weighted by Crippen LogP contribution is 2.37. The van der Waals surface area contributed by atoms with Crippen LogP contribution in [0.2, 0.25) is 0 Å². The van der Waals surface area contributed by atoms with Crippen LogP contribution >= 0.6 is 0 Å². The number of hydrogen-bond acceptors (Lipinski definition) is 3. The number of amides is 1. The maximum Gasteiger partial charge on any atom is 0.251 e. The van der Waals surface area contributed by atoms with Crippen molar-refractivity contribution in [1.29, 1.82) is 0 Å². The average Bonchev–Trinajstić information content (AvgIpc) is 2.93. The van der Waals surface area contributed by atoms with Gasteiger partial charge in [0.1, 0.15) is 5.75 Å². The minimum atomic E-state index is -0.0669. The van der Waals surface area contributed by atoms with Gasteiger partial charge in [0, 0.05) is 35.7 Å². The van der Waals surface area contributed by atoms with Crippen LogP contribution in [0.25, 0.3) is 22.2 Å². The van der Waals surface area contributed by atoms with E-state index in [4.69, 9.17) is 10.5 Å². The molecule has 0 bridgehead atoms. The number of nitrogens with zero attached hydrogens (tertiary/aromatic N) is 1. The van der Waals surface area contributed by atoms with Gasteiger partial charge in [-0.15, -0.1) is 0 Å². The molecule has 3 aromatic rings. The first-order valence-electron chi connectivity index (χ1n) is 8.45. The van der Waals surface area contributed by atoms with Crippen molar-refractivity contribution in [3.8, 4) is 17.0 Å². The Hall–Kier alpha value is -2.95. The molecule has 0 unspecified atom stereocenters. The van der Waals surface area contributed by atoms with E-state index in [1.807, 2.05) is 49.4 Å². The molecule has 0 spiro atoms. The highest BCUT2D eigenvalue weighted by molar-refractivity contribution is 6.02. The molecule has 3 rings (SSSR count). The third kappa shape index (κ3) is 2.93. The number of carbonyl (C=O) groups excluding carboxylic acids is 1. The number of methoxy groups -OCH3 is 1. The molecule has 0 atom stereocenters. The van der Waals surface area contributed by atoms with E-state index in [0.29, 0.717) is 12.1 Å². The van der Waals surface area contributed by atoms with Gasteiger partial charge in [0.2, 0.25) is 0 Å². The molecule has 0 aliphatic rings. The number of nitrogen functional groups attached to an aromatic ring is 1. The lowest BCUT2D eigenvalue weighted by atomic mass is 10.1. The number of carbonyl (C=O) groups is 1. The Bertz CT molecular complexity index is 911. The summed E-state index contributed by atoms with van der Waals surface area (Å²) >= 11 is 0. The van der Waals surface area contributed by atoms with E-state index in [0.717, 1.165) is 40.1 Å². The van der Waals surface area contributed by atoms with Gasteiger partial charge in [0.25, 0.3) is 5.91 Å². The molecule has 5 nitrogen and oxygen atoms in total. The predicted octanol–water partition coefficient (Wildman–Crippen LogP) is 3.67. The first kappa shape index (κ1) is 16.9. The topological polar surface area (TPSA) is 69.3 Å². The maximum atomic E-state index is 11.9. The third-order valence-corrected chi connectivity index (χ3v) is 4.38. The number of rotatable bonds is 5. The van der Waals surface area contributed by atoms with Crippen molar-refractivity contribution < 1.29 is 9.53 Å². The Kier molecular flexibility index (Phi) is 4.65. The first-order valence-corrected chi connectivity index (χ1v) is 8.45. The van der Waals surface area contributed by atoms with Crippen molar-refractivity contribution in [3.63, 3.8) is 0 Å². The Morgan fingerprint density at radius 2 is 1.88 bits per heavy atom. The lowest BCUT2D eigenvalue weighted by Crippen LogP contribution is -2.22. The zero-order chi connectivity index (χ0) is 18.0. The van der Waals surface area contributed by atoms with Crippen molar-refractivity contribution in [2.24, 2.45) is 0 Å². The molecule has 25 heavy (non-hydrogen) atoms. The molecule has 0 saturated heterocycles. The molecule has 2 aromatic carbocycles. The molecule has 0 aliphatic carbocycles. The van der Waals surface area contributed by atoms with Gasteiger partial charge < -0.3 is 20.4 Å². The van der Waals surface area contributed by atoms with Gasteiger partial charge in [-0.2, -0.15) is 0 Å². The second kappa shape index (κ2) is 6.89. The van der Waals surface area contributed by atoms with E-state index in [1.165, 1.54) is 0 Å². The lowest BCUT2D eigenvalue weighted by molar-refractivity contribution is 0.0956. The van der Waals surface area contributed by atoms with Crippen LogP contribution in [0.15, 0.2) is 42.5 Å². The number of anilines is 1. The van der Waals surface area contributed by atoms with Crippen molar-refractivity contribution in [1.82, 2.24) is 9.88 Å². The average molecular weight is 337 g/mol. The Morgan fingerprint density at radius 1 is 1.16 bits per heavy atom. The summed E-state index contributed by atoms with van der Waals surface area (Å²) in [5.41, 5.74) is 10.8. The molecule has 130 valence electrons. The van der Waals surface area contributed by atoms with Gasteiger partial charge in [-0.3, -0.25) is 4.79 Å². The molecule has 1 amide bonds. The van der Waals surface area contributed by atoms with Gasteiger partial charge in [-0.1, -0.05) is 12.1 Å². The highest BCUT2D eigenvalue weighted by Gasteiger charge is 2.17. The summed E-state index contributed by atoms with van der Waals surface area (Å²) in [6.45, 7) is 5.39. The first-order chi connectivity index (χ1) is 12.1. The van der Waals surface area contributed by atoms with Crippen molar-refractivity contribution in [2.45, 2.75) is 20.4 Å². The summed E-state index contributed by atoms with van der Waals surface area (Å²) in [5.74, 6) is 0.737. The van der Waals surface area contributed by atoms with Crippen LogP contribution in [0.4, 0.5) is 5.69 Å². The van der Waals surface area contributed by atoms with Crippen LogP contribution in [0.5, 0.6) is 5.75 Å². The van der Waals surface area contributed by atoms with E-state index < -0.39 is 0 Å². The predicted molar refractivity (Wildman–Crippen MR) is 102 cm³/mol. The zero-order valence-electron chi connectivity index (χ0n) is 14.8. The van der Waals surface area contributed by atoms with Crippen LogP contribution in [0.3, 0.4) is 0 Å². The second-order valence-electron chi connectivity index (χ2n) is 5.83. The monoisotopic (exact) mass is 337 g/mol. The fourth-order valence-corrected chi connectivity index (χ4v) is 3.16. The van der Waals surface area contributed by atoms with Gasteiger partial charge in [0.05, 0.1) is 24.0 Å². The van der Waals surface area contributed by atoms with Crippen LogP contribution in [0, 0.1) is 0 Å². The van der Waals surface area contributed by atoms with Crippen LogP contribution in [-0.4, -0.2) is 24.1 Å². The van der Waals surface area contributed by atoms with Crippen LogP contribution in [0.1, 0.15) is 24.2 Å². The molecule has 0 saturated carbocycles. The fourth-order valence-electron chi connectivity index (χ4n) is 3.16. The van der Waals surface area contributed by atoms with E-state index in [2.05, 4.69) is 16.8 Å². The Morgan fingerprint density at radius 3 is 2.48 bits per heavy atom. The second-order valence-corrected chi connectivity index (χ2v) is 5.83. The smallest absolute Gasteiger partial charge is 0.251 e. The molecule has 1 aromatic heterocycles. The van der Waals surface area contributed by atoms with Crippen LogP contribution in [-0.2, 0) is 6.54 Å². The standard InChI is InChI=1S/C20H23N3O2/c1-4-22-20(24)14-8-6-13(7-9-14)19-18(21)16-11-10-15(25-3)12-17(16)23(19)5-2/h6-12H,4-5,21H2,1-3H3,(H,22,24). The van der Waals surface area contributed by atoms with E-state index >= 15 is 0 Å². The summed E-state index contributed by atoms with van der Waals surface area (Å²) in [4.78, 5) is 11.9. The largest absolute Gasteiger partial charge is 0.497 e. The van der Waals surface area contributed by atoms with E-state index in [1.54, 1.807) is 7.11 Å². The number of nitrogens with two attached hydrogens (primary N) is 1. The molecular formula is C20H23N3O2. The molecule has 1 heterocycles.